The second kappa shape index (κ2) is 5.49. The average Bonchev–Trinajstić information content (AvgIpc) is 2.32. The van der Waals surface area contributed by atoms with Crippen LogP contribution in [0.4, 0.5) is 0 Å². The number of halogens is 1. The van der Waals surface area contributed by atoms with Crippen LogP contribution in [0.5, 0.6) is 0 Å². The van der Waals surface area contributed by atoms with E-state index in [1.807, 2.05) is 12.1 Å². The van der Waals surface area contributed by atoms with Gasteiger partial charge in [-0.25, -0.2) is 9.97 Å². The van der Waals surface area contributed by atoms with Crippen molar-refractivity contribution in [2.75, 3.05) is 0 Å². The lowest BCUT2D eigenvalue weighted by Gasteiger charge is -2.06. The fraction of sp³-hybridized carbons (Fsp3) is 0.167. The molecule has 0 aliphatic heterocycles. The molecule has 0 aliphatic rings. The van der Waals surface area contributed by atoms with Crippen LogP contribution >= 0.6 is 23.4 Å². The van der Waals surface area contributed by atoms with Gasteiger partial charge in [-0.15, -0.1) is 0 Å². The highest BCUT2D eigenvalue weighted by Gasteiger charge is 2.04. The summed E-state index contributed by atoms with van der Waals surface area (Å²) in [5.74, 6) is 0. The molecule has 2 aromatic rings. The second-order valence-corrected chi connectivity index (χ2v) is 5.00. The molecule has 5 heteroatoms. The Bertz CT molecular complexity index is 502. The third-order valence-electron chi connectivity index (χ3n) is 2.15. The van der Waals surface area contributed by atoms with Gasteiger partial charge in [0.25, 0.3) is 0 Å². The molecule has 0 fully saturated rings. The highest BCUT2D eigenvalue weighted by molar-refractivity contribution is 7.99. The Balaban J connectivity index is 2.18. The molecule has 88 valence electrons. The molecule has 0 amide bonds. The van der Waals surface area contributed by atoms with E-state index in [1.165, 1.54) is 11.8 Å². The van der Waals surface area contributed by atoms with Gasteiger partial charge in [-0.2, -0.15) is 0 Å². The molecule has 2 aromatic heterocycles. The minimum atomic E-state index is -0.490. The molecule has 0 radical (unpaired) electrons. The molecule has 1 N–H and O–H groups in total. The van der Waals surface area contributed by atoms with Crippen LogP contribution in [0.25, 0.3) is 0 Å². The topological polar surface area (TPSA) is 46.0 Å². The summed E-state index contributed by atoms with van der Waals surface area (Å²) >= 11 is 7.20. The first-order valence-electron chi connectivity index (χ1n) is 5.08. The summed E-state index contributed by atoms with van der Waals surface area (Å²) in [5, 5.41) is 11.7. The zero-order valence-corrected chi connectivity index (χ0v) is 10.7. The van der Waals surface area contributed by atoms with E-state index < -0.39 is 6.10 Å². The normalized spacial score (nSPS) is 12.4. The summed E-state index contributed by atoms with van der Waals surface area (Å²) in [6.07, 6.45) is 2.79. The number of nitrogens with zero attached hydrogens (tertiary/aromatic N) is 2. The van der Waals surface area contributed by atoms with Gasteiger partial charge in [0.2, 0.25) is 0 Å². The number of hydrogen-bond donors (Lipinski definition) is 1. The summed E-state index contributed by atoms with van der Waals surface area (Å²) in [7, 11) is 0. The van der Waals surface area contributed by atoms with Gasteiger partial charge in [-0.1, -0.05) is 23.4 Å². The lowest BCUT2D eigenvalue weighted by atomic mass is 10.2. The largest absolute Gasteiger partial charge is 0.389 e. The maximum absolute atomic E-state index is 9.48. The molecule has 3 nitrogen and oxygen atoms in total. The molecule has 17 heavy (non-hydrogen) atoms. The highest BCUT2D eigenvalue weighted by Crippen LogP contribution is 2.26. The van der Waals surface area contributed by atoms with Crippen molar-refractivity contribution in [2.24, 2.45) is 0 Å². The van der Waals surface area contributed by atoms with Crippen molar-refractivity contribution in [1.82, 2.24) is 9.97 Å². The van der Waals surface area contributed by atoms with Crippen molar-refractivity contribution in [3.05, 3.63) is 47.2 Å². The Morgan fingerprint density at radius 3 is 2.71 bits per heavy atom. The molecule has 0 saturated carbocycles. The van der Waals surface area contributed by atoms with Crippen molar-refractivity contribution in [3.8, 4) is 0 Å². The third-order valence-corrected chi connectivity index (χ3v) is 3.26. The van der Waals surface area contributed by atoms with Crippen molar-refractivity contribution >= 4 is 23.4 Å². The lowest BCUT2D eigenvalue weighted by Crippen LogP contribution is -1.92. The third kappa shape index (κ3) is 3.43. The summed E-state index contributed by atoms with van der Waals surface area (Å²) in [6.45, 7) is 1.73. The Hall–Kier alpha value is -1.10. The fourth-order valence-corrected chi connectivity index (χ4v) is 2.15. The van der Waals surface area contributed by atoms with Crippen LogP contribution in [-0.2, 0) is 0 Å². The Morgan fingerprint density at radius 1 is 1.24 bits per heavy atom. The zero-order chi connectivity index (χ0) is 12.3. The van der Waals surface area contributed by atoms with Crippen LogP contribution in [0.2, 0.25) is 5.02 Å². The van der Waals surface area contributed by atoms with E-state index >= 15 is 0 Å². The molecule has 2 heterocycles. The maximum Gasteiger partial charge on any atom is 0.103 e. The number of pyridine rings is 2. The molecule has 0 bridgehead atoms. The van der Waals surface area contributed by atoms with Gasteiger partial charge in [0.05, 0.1) is 11.1 Å². The first-order valence-corrected chi connectivity index (χ1v) is 6.28. The van der Waals surface area contributed by atoms with E-state index in [2.05, 4.69) is 9.97 Å². The second-order valence-electron chi connectivity index (χ2n) is 3.52. The van der Waals surface area contributed by atoms with Crippen molar-refractivity contribution in [1.29, 1.82) is 0 Å². The van der Waals surface area contributed by atoms with Gasteiger partial charge in [0.1, 0.15) is 10.1 Å². The first kappa shape index (κ1) is 12.4. The van der Waals surface area contributed by atoms with E-state index in [9.17, 15) is 5.11 Å². The van der Waals surface area contributed by atoms with Crippen LogP contribution in [0, 0.1) is 0 Å². The van der Waals surface area contributed by atoms with E-state index in [0.29, 0.717) is 5.02 Å². The Labute approximate surface area is 109 Å². The van der Waals surface area contributed by atoms with Crippen LogP contribution in [0.3, 0.4) is 0 Å². The van der Waals surface area contributed by atoms with Gasteiger partial charge >= 0.3 is 0 Å². The van der Waals surface area contributed by atoms with Crippen molar-refractivity contribution in [2.45, 2.75) is 23.1 Å². The predicted octanol–water partition coefficient (Wildman–Crippen LogP) is 3.33. The average molecular weight is 267 g/mol. The summed E-state index contributed by atoms with van der Waals surface area (Å²) in [6, 6.07) is 7.27. The summed E-state index contributed by atoms with van der Waals surface area (Å²) in [4.78, 5) is 8.39. The van der Waals surface area contributed by atoms with Gasteiger partial charge in [-0.05, 0) is 36.8 Å². The molecular weight excluding hydrogens is 256 g/mol. The highest BCUT2D eigenvalue weighted by atomic mass is 35.5. The number of hydrogen-bond acceptors (Lipinski definition) is 4. The minimum Gasteiger partial charge on any atom is -0.389 e. The SMILES string of the molecule is CC(O)c1ccnc(Sc2ccc(Cl)cn2)c1. The number of aliphatic hydroxyl groups excluding tert-OH is 1. The van der Waals surface area contributed by atoms with Crippen LogP contribution in [-0.4, -0.2) is 15.1 Å². The van der Waals surface area contributed by atoms with E-state index in [4.69, 9.17) is 11.6 Å². The standard InChI is InChI=1S/C12H11ClN2OS/c1-8(16)9-4-5-14-12(6-9)17-11-3-2-10(13)7-15-11/h2-8,16H,1H3. The molecule has 0 aromatic carbocycles. The van der Waals surface area contributed by atoms with E-state index in [1.54, 1.807) is 31.5 Å². The monoisotopic (exact) mass is 266 g/mol. The smallest absolute Gasteiger partial charge is 0.103 e. The minimum absolute atomic E-state index is 0.490. The molecule has 2 rings (SSSR count). The van der Waals surface area contributed by atoms with Gasteiger partial charge in [0.15, 0.2) is 0 Å². The Kier molecular flexibility index (Phi) is 3.99. The number of aliphatic hydroxyl groups is 1. The molecular formula is C12H11ClN2OS. The molecule has 0 spiro atoms. The van der Waals surface area contributed by atoms with Crippen molar-refractivity contribution in [3.63, 3.8) is 0 Å². The van der Waals surface area contributed by atoms with Crippen molar-refractivity contribution < 1.29 is 5.11 Å². The van der Waals surface area contributed by atoms with Gasteiger partial charge in [-0.3, -0.25) is 0 Å². The zero-order valence-electron chi connectivity index (χ0n) is 9.17. The first-order chi connectivity index (χ1) is 8.15. The fourth-order valence-electron chi connectivity index (χ4n) is 1.27. The Morgan fingerprint density at radius 2 is 2.06 bits per heavy atom. The predicted molar refractivity (Wildman–Crippen MR) is 68.2 cm³/mol. The van der Waals surface area contributed by atoms with Gasteiger partial charge < -0.3 is 5.11 Å². The quantitative estimate of drug-likeness (QED) is 0.926. The van der Waals surface area contributed by atoms with Gasteiger partial charge in [0, 0.05) is 12.4 Å². The van der Waals surface area contributed by atoms with E-state index in [0.717, 1.165) is 15.6 Å². The van der Waals surface area contributed by atoms with Crippen LogP contribution in [0.1, 0.15) is 18.6 Å². The number of aromatic nitrogens is 2. The molecule has 0 aliphatic carbocycles. The lowest BCUT2D eigenvalue weighted by molar-refractivity contribution is 0.199. The summed E-state index contributed by atoms with van der Waals surface area (Å²) in [5.41, 5.74) is 0.844. The van der Waals surface area contributed by atoms with Crippen LogP contribution in [0.15, 0.2) is 46.7 Å². The molecule has 1 unspecified atom stereocenters. The van der Waals surface area contributed by atoms with E-state index in [-0.39, 0.29) is 0 Å². The molecule has 0 saturated heterocycles. The summed E-state index contributed by atoms with van der Waals surface area (Å²) < 4.78 is 0. The van der Waals surface area contributed by atoms with Crippen LogP contribution < -0.4 is 0 Å². The maximum atomic E-state index is 9.48. The molecule has 1 atom stereocenters. The number of rotatable bonds is 3.